The molecule has 1 fully saturated rings. The third kappa shape index (κ3) is 3.99. The fourth-order valence-corrected chi connectivity index (χ4v) is 5.11. The Morgan fingerprint density at radius 2 is 2.00 bits per heavy atom. The van der Waals surface area contributed by atoms with Crippen molar-refractivity contribution in [1.29, 1.82) is 0 Å². The standard InChI is InChI=1S/C27H29FN2O4/c1-27(2)21(13-23(34-27)24-20-10-9-19(28)12-22(20)29-25(24)32)17-5-7-18(8-6-17)26(33)30-11-3-4-16(14-30)15-31/h5-10,12-13,16,25,29,31-32H,3-4,11,14-15H2,1-2H3/b24-23+. The zero-order chi connectivity index (χ0) is 24.0. The zero-order valence-corrected chi connectivity index (χ0v) is 19.3. The van der Waals surface area contributed by atoms with E-state index in [-0.39, 0.29) is 24.2 Å². The summed E-state index contributed by atoms with van der Waals surface area (Å²) in [7, 11) is 0. The number of carbonyl (C=O) groups excluding carboxylic acids is 1. The second-order valence-electron chi connectivity index (χ2n) is 9.70. The van der Waals surface area contributed by atoms with Crippen molar-refractivity contribution in [3.05, 3.63) is 76.8 Å². The fourth-order valence-electron chi connectivity index (χ4n) is 5.11. The number of benzene rings is 2. The molecule has 7 heteroatoms. The van der Waals surface area contributed by atoms with Crippen molar-refractivity contribution in [1.82, 2.24) is 4.90 Å². The number of piperidine rings is 1. The monoisotopic (exact) mass is 464 g/mol. The van der Waals surface area contributed by atoms with E-state index in [1.165, 1.54) is 12.1 Å². The summed E-state index contributed by atoms with van der Waals surface area (Å²) in [5, 5.41) is 22.9. The van der Waals surface area contributed by atoms with Crippen LogP contribution in [-0.4, -0.2) is 52.5 Å². The normalized spacial score (nSPS) is 25.4. The van der Waals surface area contributed by atoms with Crippen LogP contribution in [0, 0.1) is 11.7 Å². The molecule has 0 bridgehead atoms. The van der Waals surface area contributed by atoms with Gasteiger partial charge in [-0.05, 0) is 74.6 Å². The number of rotatable bonds is 3. The number of carbonyl (C=O) groups is 1. The van der Waals surface area contributed by atoms with Crippen molar-refractivity contribution in [2.24, 2.45) is 5.92 Å². The van der Waals surface area contributed by atoms with E-state index in [4.69, 9.17) is 4.74 Å². The van der Waals surface area contributed by atoms with Crippen LogP contribution in [0.25, 0.3) is 11.1 Å². The van der Waals surface area contributed by atoms with Crippen molar-refractivity contribution in [2.45, 2.75) is 38.5 Å². The average molecular weight is 465 g/mol. The van der Waals surface area contributed by atoms with Gasteiger partial charge in [0.05, 0.1) is 5.57 Å². The molecule has 1 saturated heterocycles. The highest BCUT2D eigenvalue weighted by atomic mass is 19.1. The van der Waals surface area contributed by atoms with Gasteiger partial charge in [-0.25, -0.2) is 4.39 Å². The smallest absolute Gasteiger partial charge is 0.253 e. The number of hydrogen-bond donors (Lipinski definition) is 3. The number of ether oxygens (including phenoxy) is 1. The highest BCUT2D eigenvalue weighted by Crippen LogP contribution is 2.45. The van der Waals surface area contributed by atoms with Crippen LogP contribution in [0.15, 0.2) is 54.3 Å². The topological polar surface area (TPSA) is 82.0 Å². The van der Waals surface area contributed by atoms with Crippen molar-refractivity contribution in [2.75, 3.05) is 25.0 Å². The minimum absolute atomic E-state index is 0.0209. The third-order valence-electron chi connectivity index (χ3n) is 6.90. The Labute approximate surface area is 198 Å². The van der Waals surface area contributed by atoms with Gasteiger partial charge in [-0.2, -0.15) is 0 Å². The highest BCUT2D eigenvalue weighted by molar-refractivity contribution is 5.95. The molecule has 0 saturated carbocycles. The summed E-state index contributed by atoms with van der Waals surface area (Å²) in [6.07, 6.45) is 2.77. The molecule has 2 atom stereocenters. The highest BCUT2D eigenvalue weighted by Gasteiger charge is 2.38. The molecule has 34 heavy (non-hydrogen) atoms. The summed E-state index contributed by atoms with van der Waals surface area (Å²) >= 11 is 0. The van der Waals surface area contributed by atoms with E-state index in [2.05, 4.69) is 5.32 Å². The van der Waals surface area contributed by atoms with Crippen LogP contribution in [0.2, 0.25) is 0 Å². The molecule has 178 valence electrons. The Morgan fingerprint density at radius 3 is 2.74 bits per heavy atom. The molecule has 3 heterocycles. The molecule has 5 rings (SSSR count). The van der Waals surface area contributed by atoms with Gasteiger partial charge in [0.25, 0.3) is 5.91 Å². The van der Waals surface area contributed by atoms with E-state index < -0.39 is 11.8 Å². The first-order chi connectivity index (χ1) is 16.3. The van der Waals surface area contributed by atoms with Gasteiger partial charge in [0.1, 0.15) is 17.2 Å². The van der Waals surface area contributed by atoms with Crippen LogP contribution in [0.1, 0.15) is 48.2 Å². The molecule has 1 amide bonds. The molecule has 0 spiro atoms. The molecule has 6 nitrogen and oxygen atoms in total. The molecule has 2 unspecified atom stereocenters. The molecule has 3 N–H and O–H groups in total. The van der Waals surface area contributed by atoms with Gasteiger partial charge in [-0.3, -0.25) is 4.79 Å². The van der Waals surface area contributed by atoms with Crippen LogP contribution < -0.4 is 5.32 Å². The molecule has 0 aliphatic carbocycles. The molecule has 2 aromatic rings. The van der Waals surface area contributed by atoms with E-state index in [0.29, 0.717) is 41.2 Å². The van der Waals surface area contributed by atoms with Gasteiger partial charge < -0.3 is 25.2 Å². The van der Waals surface area contributed by atoms with E-state index in [0.717, 1.165) is 24.0 Å². The summed E-state index contributed by atoms with van der Waals surface area (Å²) < 4.78 is 19.9. The molecule has 3 aliphatic heterocycles. The first-order valence-electron chi connectivity index (χ1n) is 11.7. The van der Waals surface area contributed by atoms with Gasteiger partial charge in [0.2, 0.25) is 0 Å². The number of anilines is 1. The predicted octanol–water partition coefficient (Wildman–Crippen LogP) is 4.02. The van der Waals surface area contributed by atoms with Gasteiger partial charge in [0.15, 0.2) is 6.23 Å². The lowest BCUT2D eigenvalue weighted by Gasteiger charge is -2.32. The Hall–Kier alpha value is -3.16. The number of aliphatic hydroxyl groups excluding tert-OH is 2. The maximum Gasteiger partial charge on any atom is 0.253 e. The largest absolute Gasteiger partial charge is 0.483 e. The Morgan fingerprint density at radius 1 is 1.24 bits per heavy atom. The SMILES string of the molecule is CC1(C)O/C(=C2\c3ccc(F)cc3NC2O)C=C1c1ccc(C(=O)N2CCCC(CO)C2)cc1. The van der Waals surface area contributed by atoms with E-state index in [1.54, 1.807) is 6.07 Å². The van der Waals surface area contributed by atoms with E-state index in [9.17, 15) is 19.4 Å². The Balaban J connectivity index is 1.43. The number of allylic oxidation sites excluding steroid dienone is 1. The third-order valence-corrected chi connectivity index (χ3v) is 6.90. The number of nitrogens with one attached hydrogen (secondary N) is 1. The lowest BCUT2D eigenvalue weighted by atomic mass is 9.91. The lowest BCUT2D eigenvalue weighted by molar-refractivity contribution is 0.0620. The molecule has 2 aromatic carbocycles. The summed E-state index contributed by atoms with van der Waals surface area (Å²) in [6.45, 7) is 5.31. The number of fused-ring (bicyclic) bond motifs is 1. The number of amides is 1. The molecular formula is C27H29FN2O4. The lowest BCUT2D eigenvalue weighted by Crippen LogP contribution is -2.40. The maximum atomic E-state index is 13.6. The van der Waals surface area contributed by atoms with Crippen LogP contribution in [0.4, 0.5) is 10.1 Å². The second kappa shape index (κ2) is 8.56. The number of aliphatic hydroxyl groups is 2. The Bertz CT molecular complexity index is 1190. The van der Waals surface area contributed by atoms with Crippen LogP contribution >= 0.6 is 0 Å². The summed E-state index contributed by atoms with van der Waals surface area (Å²) in [5.41, 5.74) is 3.62. The number of likely N-dealkylation sites (tertiary alicyclic amines) is 1. The molecule has 3 aliphatic rings. The summed E-state index contributed by atoms with van der Waals surface area (Å²) in [5.74, 6) is 0.285. The van der Waals surface area contributed by atoms with Gasteiger partial charge in [-0.1, -0.05) is 12.1 Å². The van der Waals surface area contributed by atoms with Crippen LogP contribution in [0.5, 0.6) is 0 Å². The first kappa shape index (κ1) is 22.6. The van der Waals surface area contributed by atoms with Gasteiger partial charge in [0, 0.05) is 42.1 Å². The van der Waals surface area contributed by atoms with E-state index >= 15 is 0 Å². The summed E-state index contributed by atoms with van der Waals surface area (Å²) in [4.78, 5) is 14.8. The van der Waals surface area contributed by atoms with Crippen molar-refractivity contribution in [3.8, 4) is 0 Å². The predicted molar refractivity (Wildman–Crippen MR) is 128 cm³/mol. The fraction of sp³-hybridized carbons (Fsp3) is 0.370. The van der Waals surface area contributed by atoms with Crippen LogP contribution in [-0.2, 0) is 4.74 Å². The zero-order valence-electron chi connectivity index (χ0n) is 19.3. The maximum absolute atomic E-state index is 13.6. The van der Waals surface area contributed by atoms with Crippen molar-refractivity contribution in [3.63, 3.8) is 0 Å². The number of hydrogen-bond acceptors (Lipinski definition) is 5. The van der Waals surface area contributed by atoms with Gasteiger partial charge >= 0.3 is 0 Å². The molecule has 0 aromatic heterocycles. The number of halogens is 1. The van der Waals surface area contributed by atoms with Gasteiger partial charge in [-0.15, -0.1) is 0 Å². The van der Waals surface area contributed by atoms with E-state index in [1.807, 2.05) is 49.1 Å². The number of nitrogens with zero attached hydrogens (tertiary/aromatic N) is 1. The Kier molecular flexibility index (Phi) is 5.70. The average Bonchev–Trinajstić information content (AvgIpc) is 3.32. The van der Waals surface area contributed by atoms with Crippen molar-refractivity contribution < 1.29 is 24.1 Å². The molecular weight excluding hydrogens is 435 g/mol. The first-order valence-corrected chi connectivity index (χ1v) is 11.7. The minimum Gasteiger partial charge on any atom is -0.483 e. The van der Waals surface area contributed by atoms with Crippen molar-refractivity contribution >= 4 is 22.7 Å². The molecule has 0 radical (unpaired) electrons. The minimum atomic E-state index is -0.995. The summed E-state index contributed by atoms with van der Waals surface area (Å²) in [6, 6.07) is 11.8. The van der Waals surface area contributed by atoms with Crippen LogP contribution in [0.3, 0.4) is 0 Å². The second-order valence-corrected chi connectivity index (χ2v) is 9.70. The quantitative estimate of drug-likeness (QED) is 0.639.